The van der Waals surface area contributed by atoms with Crippen LogP contribution in [0.15, 0.2) is 12.2 Å². The van der Waals surface area contributed by atoms with Crippen LogP contribution in [-0.2, 0) is 4.79 Å². The first-order valence-electron chi connectivity index (χ1n) is 5.97. The van der Waals surface area contributed by atoms with Crippen LogP contribution in [0, 0.1) is 11.8 Å². The second kappa shape index (κ2) is 6.00. The van der Waals surface area contributed by atoms with E-state index in [1.807, 2.05) is 0 Å². The third kappa shape index (κ3) is 2.97. The lowest BCUT2D eigenvalue weighted by Gasteiger charge is -2.15. The van der Waals surface area contributed by atoms with Crippen molar-refractivity contribution in [3.8, 4) is 0 Å². The summed E-state index contributed by atoms with van der Waals surface area (Å²) in [6.45, 7) is 4.35. The van der Waals surface area contributed by atoms with E-state index in [-0.39, 0.29) is 0 Å². The lowest BCUT2D eigenvalue weighted by atomic mass is 9.89. The summed E-state index contributed by atoms with van der Waals surface area (Å²) in [6, 6.07) is 0. The van der Waals surface area contributed by atoms with Crippen LogP contribution in [0.4, 0.5) is 0 Å². The fourth-order valence-corrected chi connectivity index (χ4v) is 2.43. The van der Waals surface area contributed by atoms with Gasteiger partial charge in [-0.3, -0.25) is 4.79 Å². The molecule has 0 radical (unpaired) electrons. The van der Waals surface area contributed by atoms with E-state index in [1.54, 1.807) is 0 Å². The van der Waals surface area contributed by atoms with Gasteiger partial charge >= 0.3 is 0 Å². The highest BCUT2D eigenvalue weighted by Crippen LogP contribution is 2.34. The minimum Gasteiger partial charge on any atom is -0.299 e. The van der Waals surface area contributed by atoms with Crippen molar-refractivity contribution in [2.24, 2.45) is 11.8 Å². The highest BCUT2D eigenvalue weighted by atomic mass is 16.1. The molecule has 0 saturated heterocycles. The Kier molecular flexibility index (Phi) is 4.92. The summed E-state index contributed by atoms with van der Waals surface area (Å²) in [5, 5.41) is 0. The number of ketones is 1. The average Bonchev–Trinajstić information content (AvgIpc) is 2.50. The molecule has 1 heteroatoms. The molecule has 80 valence electrons. The number of carbonyl (C=O) groups excluding carboxylic acids is 1. The third-order valence-electron chi connectivity index (χ3n) is 3.20. The topological polar surface area (TPSA) is 17.1 Å². The number of Topliss-reactive ketones (excluding diaryl/α,β-unsaturated/α-hetero) is 1. The van der Waals surface area contributed by atoms with Gasteiger partial charge in [0.05, 0.1) is 0 Å². The number of hydrogen-bond donors (Lipinski definition) is 0. The Morgan fingerprint density at radius 3 is 2.79 bits per heavy atom. The van der Waals surface area contributed by atoms with Gasteiger partial charge in [-0.25, -0.2) is 0 Å². The third-order valence-corrected chi connectivity index (χ3v) is 3.20. The molecule has 0 spiro atoms. The molecule has 14 heavy (non-hydrogen) atoms. The van der Waals surface area contributed by atoms with Crippen LogP contribution in [0.1, 0.15) is 52.4 Å². The highest BCUT2D eigenvalue weighted by molar-refractivity contribution is 5.83. The summed E-state index contributed by atoms with van der Waals surface area (Å²) in [4.78, 5) is 11.6. The first kappa shape index (κ1) is 11.5. The highest BCUT2D eigenvalue weighted by Gasteiger charge is 2.32. The van der Waals surface area contributed by atoms with Crippen molar-refractivity contribution >= 4 is 5.78 Å². The number of hydrogen-bond acceptors (Lipinski definition) is 1. The Balaban J connectivity index is 2.44. The van der Waals surface area contributed by atoms with Gasteiger partial charge in [-0.15, -0.1) is 0 Å². The molecule has 0 aromatic heterocycles. The van der Waals surface area contributed by atoms with Gasteiger partial charge in [0, 0.05) is 12.3 Å². The molecule has 1 rings (SSSR count). The van der Waals surface area contributed by atoms with Gasteiger partial charge in [-0.05, 0) is 31.6 Å². The molecule has 1 aliphatic carbocycles. The Morgan fingerprint density at radius 2 is 2.14 bits per heavy atom. The van der Waals surface area contributed by atoms with Gasteiger partial charge in [0.15, 0.2) is 0 Å². The first-order chi connectivity index (χ1) is 6.79. The number of carbonyl (C=O) groups is 1. The molecule has 1 fully saturated rings. The van der Waals surface area contributed by atoms with E-state index < -0.39 is 0 Å². The van der Waals surface area contributed by atoms with Crippen molar-refractivity contribution in [3.05, 3.63) is 12.2 Å². The molecule has 0 N–H and O–H groups in total. The SMILES string of the molecule is CC/C=C\C[C@H]1C(=O)CC[C@@H]1CCC. The molecule has 1 saturated carbocycles. The lowest BCUT2D eigenvalue weighted by molar-refractivity contribution is -0.121. The van der Waals surface area contributed by atoms with E-state index in [0.717, 1.165) is 25.7 Å². The molecule has 0 aromatic carbocycles. The summed E-state index contributed by atoms with van der Waals surface area (Å²) in [5.74, 6) is 1.52. The van der Waals surface area contributed by atoms with Crippen molar-refractivity contribution in [3.63, 3.8) is 0 Å². The maximum atomic E-state index is 11.6. The molecule has 0 heterocycles. The van der Waals surface area contributed by atoms with Gasteiger partial charge in [0.25, 0.3) is 0 Å². The smallest absolute Gasteiger partial charge is 0.136 e. The first-order valence-corrected chi connectivity index (χ1v) is 5.97. The zero-order valence-electron chi connectivity index (χ0n) is 9.46. The number of rotatable bonds is 5. The van der Waals surface area contributed by atoms with Gasteiger partial charge in [-0.2, -0.15) is 0 Å². The largest absolute Gasteiger partial charge is 0.299 e. The van der Waals surface area contributed by atoms with Crippen LogP contribution >= 0.6 is 0 Å². The van der Waals surface area contributed by atoms with Crippen LogP contribution in [0.5, 0.6) is 0 Å². The zero-order chi connectivity index (χ0) is 10.4. The molecule has 1 aliphatic rings. The van der Waals surface area contributed by atoms with Crippen molar-refractivity contribution < 1.29 is 4.79 Å². The van der Waals surface area contributed by atoms with Crippen LogP contribution in [0.25, 0.3) is 0 Å². The second-order valence-electron chi connectivity index (χ2n) is 4.28. The molecular weight excluding hydrogens is 172 g/mol. The zero-order valence-corrected chi connectivity index (χ0v) is 9.46. The van der Waals surface area contributed by atoms with E-state index in [4.69, 9.17) is 0 Å². The number of allylic oxidation sites excluding steroid dienone is 2. The van der Waals surface area contributed by atoms with Gasteiger partial charge < -0.3 is 0 Å². The minimum atomic E-state index is 0.345. The van der Waals surface area contributed by atoms with Crippen molar-refractivity contribution in [1.82, 2.24) is 0 Å². The molecule has 1 nitrogen and oxygen atoms in total. The molecule has 0 bridgehead atoms. The van der Waals surface area contributed by atoms with Crippen molar-refractivity contribution in [2.75, 3.05) is 0 Å². The van der Waals surface area contributed by atoms with Crippen LogP contribution in [0.3, 0.4) is 0 Å². The van der Waals surface area contributed by atoms with Crippen LogP contribution in [-0.4, -0.2) is 5.78 Å². The quantitative estimate of drug-likeness (QED) is 0.609. The molecule has 2 atom stereocenters. The monoisotopic (exact) mass is 194 g/mol. The Bertz CT molecular complexity index is 205. The van der Waals surface area contributed by atoms with E-state index in [9.17, 15) is 4.79 Å². The maximum absolute atomic E-state index is 11.6. The van der Waals surface area contributed by atoms with Crippen molar-refractivity contribution in [2.45, 2.75) is 52.4 Å². The fraction of sp³-hybridized carbons (Fsp3) is 0.769. The fourth-order valence-electron chi connectivity index (χ4n) is 2.43. The minimum absolute atomic E-state index is 0.345. The van der Waals surface area contributed by atoms with Gasteiger partial charge in [0.1, 0.15) is 5.78 Å². The molecule has 0 aromatic rings. The summed E-state index contributed by atoms with van der Waals surface area (Å²) < 4.78 is 0. The van der Waals surface area contributed by atoms with E-state index in [2.05, 4.69) is 26.0 Å². The van der Waals surface area contributed by atoms with E-state index in [1.165, 1.54) is 12.8 Å². The Morgan fingerprint density at radius 1 is 1.36 bits per heavy atom. The predicted molar refractivity (Wildman–Crippen MR) is 60.2 cm³/mol. The van der Waals surface area contributed by atoms with E-state index in [0.29, 0.717) is 17.6 Å². The van der Waals surface area contributed by atoms with Crippen LogP contribution < -0.4 is 0 Å². The predicted octanol–water partition coefficient (Wildman–Crippen LogP) is 3.74. The summed E-state index contributed by atoms with van der Waals surface area (Å²) in [5.41, 5.74) is 0. The second-order valence-corrected chi connectivity index (χ2v) is 4.28. The van der Waals surface area contributed by atoms with Crippen LogP contribution in [0.2, 0.25) is 0 Å². The molecule has 0 amide bonds. The lowest BCUT2D eigenvalue weighted by Crippen LogP contribution is -2.13. The normalized spacial score (nSPS) is 27.7. The molecular formula is C13H22O. The molecule has 0 unspecified atom stereocenters. The maximum Gasteiger partial charge on any atom is 0.136 e. The molecule has 0 aliphatic heterocycles. The summed E-state index contributed by atoms with van der Waals surface area (Å²) in [7, 11) is 0. The Hall–Kier alpha value is -0.590. The van der Waals surface area contributed by atoms with E-state index >= 15 is 0 Å². The summed E-state index contributed by atoms with van der Waals surface area (Å²) in [6.07, 6.45) is 10.8. The van der Waals surface area contributed by atoms with Crippen molar-refractivity contribution in [1.29, 1.82) is 0 Å². The standard InChI is InChI=1S/C13H22O/c1-3-5-6-8-12-11(7-4-2)9-10-13(12)14/h5-6,11-12H,3-4,7-10H2,1-2H3/b6-5-/t11-,12+/m0/s1. The average molecular weight is 194 g/mol. The van der Waals surface area contributed by atoms with Gasteiger partial charge in [0.2, 0.25) is 0 Å². The van der Waals surface area contributed by atoms with Gasteiger partial charge in [-0.1, -0.05) is 32.4 Å². The Labute approximate surface area is 87.6 Å². The summed E-state index contributed by atoms with van der Waals surface area (Å²) >= 11 is 0.